The van der Waals surface area contributed by atoms with Crippen LogP contribution in [0.25, 0.3) is 0 Å². The highest BCUT2D eigenvalue weighted by atomic mass is 79.9. The zero-order valence-electron chi connectivity index (χ0n) is 3.97. The van der Waals surface area contributed by atoms with Crippen molar-refractivity contribution in [1.82, 2.24) is 0 Å². The SMILES string of the molecule is OC[C@@H](O)CCBr. The van der Waals surface area contributed by atoms with Gasteiger partial charge in [0, 0.05) is 5.33 Å². The molecule has 0 radical (unpaired) electrons. The second-order valence-corrected chi connectivity index (χ2v) is 2.11. The van der Waals surface area contributed by atoms with Crippen LogP contribution in [0.5, 0.6) is 0 Å². The Kier molecular flexibility index (Phi) is 4.82. The van der Waals surface area contributed by atoms with Crippen LogP contribution in [0.15, 0.2) is 0 Å². The first-order chi connectivity index (χ1) is 3.31. The number of hydrogen-bond donors (Lipinski definition) is 2. The first kappa shape index (κ1) is 7.40. The predicted molar refractivity (Wildman–Crippen MR) is 31.5 cm³/mol. The monoisotopic (exact) mass is 168 g/mol. The van der Waals surface area contributed by atoms with Crippen molar-refractivity contribution in [3.63, 3.8) is 0 Å². The summed E-state index contributed by atoms with van der Waals surface area (Å²) in [6.07, 6.45) is 0.0793. The molecule has 0 saturated carbocycles. The highest BCUT2D eigenvalue weighted by Gasteiger charge is 1.96. The number of alkyl halides is 1. The Morgan fingerprint density at radius 3 is 2.29 bits per heavy atom. The summed E-state index contributed by atoms with van der Waals surface area (Å²) in [7, 11) is 0. The second-order valence-electron chi connectivity index (χ2n) is 1.31. The highest BCUT2D eigenvalue weighted by Crippen LogP contribution is 1.92. The van der Waals surface area contributed by atoms with Crippen molar-refractivity contribution in [2.24, 2.45) is 0 Å². The summed E-state index contributed by atoms with van der Waals surface area (Å²) >= 11 is 3.12. The van der Waals surface area contributed by atoms with Gasteiger partial charge in [0.05, 0.1) is 12.7 Å². The fourth-order valence-electron chi connectivity index (χ4n) is 0.217. The largest absolute Gasteiger partial charge is 0.394 e. The van der Waals surface area contributed by atoms with E-state index in [-0.39, 0.29) is 6.61 Å². The lowest BCUT2D eigenvalue weighted by molar-refractivity contribution is 0.0934. The van der Waals surface area contributed by atoms with E-state index in [4.69, 9.17) is 10.2 Å². The van der Waals surface area contributed by atoms with Crippen LogP contribution in [-0.2, 0) is 0 Å². The first-order valence-corrected chi connectivity index (χ1v) is 3.28. The molecule has 3 heteroatoms. The zero-order chi connectivity index (χ0) is 5.70. The lowest BCUT2D eigenvalue weighted by atomic mass is 10.3. The van der Waals surface area contributed by atoms with Crippen LogP contribution in [0.1, 0.15) is 6.42 Å². The van der Waals surface area contributed by atoms with E-state index in [9.17, 15) is 0 Å². The van der Waals surface area contributed by atoms with Gasteiger partial charge in [0.2, 0.25) is 0 Å². The summed E-state index contributed by atoms with van der Waals surface area (Å²) in [5.74, 6) is 0. The van der Waals surface area contributed by atoms with Gasteiger partial charge in [-0.15, -0.1) is 0 Å². The molecule has 0 aromatic carbocycles. The summed E-state index contributed by atoms with van der Waals surface area (Å²) in [5.41, 5.74) is 0. The van der Waals surface area contributed by atoms with E-state index in [1.165, 1.54) is 0 Å². The van der Waals surface area contributed by atoms with Crippen molar-refractivity contribution >= 4 is 15.9 Å². The van der Waals surface area contributed by atoms with Gasteiger partial charge in [0.1, 0.15) is 0 Å². The fourth-order valence-corrected chi connectivity index (χ4v) is 0.746. The molecule has 44 valence electrons. The highest BCUT2D eigenvalue weighted by molar-refractivity contribution is 9.09. The maximum absolute atomic E-state index is 8.58. The molecule has 0 aromatic rings. The lowest BCUT2D eigenvalue weighted by Gasteiger charge is -2.00. The molecule has 0 saturated heterocycles. The van der Waals surface area contributed by atoms with Crippen LogP contribution in [0.2, 0.25) is 0 Å². The smallest absolute Gasteiger partial charge is 0.0778 e. The van der Waals surface area contributed by atoms with Gasteiger partial charge < -0.3 is 10.2 Å². The standard InChI is InChI=1S/C4H9BrO2/c5-2-1-4(7)3-6/h4,6-7H,1-3H2/t4-/m0/s1. The number of rotatable bonds is 3. The van der Waals surface area contributed by atoms with Crippen molar-refractivity contribution < 1.29 is 10.2 Å². The van der Waals surface area contributed by atoms with Gasteiger partial charge >= 0.3 is 0 Å². The van der Waals surface area contributed by atoms with Crippen molar-refractivity contribution in [3.8, 4) is 0 Å². The van der Waals surface area contributed by atoms with Crippen LogP contribution >= 0.6 is 15.9 Å². The minimum atomic E-state index is -0.542. The molecule has 7 heavy (non-hydrogen) atoms. The Labute approximate surface area is 51.3 Å². The van der Waals surface area contributed by atoms with Gasteiger partial charge in [-0.3, -0.25) is 0 Å². The molecule has 0 aliphatic rings. The molecule has 2 nitrogen and oxygen atoms in total. The maximum atomic E-state index is 8.58. The number of aliphatic hydroxyl groups is 2. The molecule has 0 aliphatic carbocycles. The molecule has 0 fully saturated rings. The molecule has 2 N–H and O–H groups in total. The van der Waals surface area contributed by atoms with Crippen molar-refractivity contribution in [3.05, 3.63) is 0 Å². The zero-order valence-corrected chi connectivity index (χ0v) is 5.56. The first-order valence-electron chi connectivity index (χ1n) is 2.16. The van der Waals surface area contributed by atoms with Crippen LogP contribution in [0, 0.1) is 0 Å². The maximum Gasteiger partial charge on any atom is 0.0778 e. The Balaban J connectivity index is 2.83. The number of halogens is 1. The van der Waals surface area contributed by atoms with E-state index in [1.807, 2.05) is 0 Å². The van der Waals surface area contributed by atoms with Gasteiger partial charge in [0.15, 0.2) is 0 Å². The molecule has 0 unspecified atom stereocenters. The van der Waals surface area contributed by atoms with Crippen molar-refractivity contribution in [2.45, 2.75) is 12.5 Å². The number of aliphatic hydroxyl groups excluding tert-OH is 2. The minimum absolute atomic E-state index is 0.133. The third-order valence-electron chi connectivity index (χ3n) is 0.653. The van der Waals surface area contributed by atoms with E-state index in [0.29, 0.717) is 6.42 Å². The molecule has 0 bridgehead atoms. The Morgan fingerprint density at radius 1 is 1.57 bits per heavy atom. The van der Waals surface area contributed by atoms with Crippen LogP contribution < -0.4 is 0 Å². The fraction of sp³-hybridized carbons (Fsp3) is 1.00. The Hall–Kier alpha value is 0.400. The van der Waals surface area contributed by atoms with E-state index in [0.717, 1.165) is 5.33 Å². The molecular formula is C4H9BrO2. The molecule has 0 amide bonds. The molecule has 0 heterocycles. The van der Waals surface area contributed by atoms with Crippen LogP contribution in [0.4, 0.5) is 0 Å². The third kappa shape index (κ3) is 4.25. The Morgan fingerprint density at radius 2 is 2.14 bits per heavy atom. The quantitative estimate of drug-likeness (QED) is 0.589. The topological polar surface area (TPSA) is 40.5 Å². The van der Waals surface area contributed by atoms with Gasteiger partial charge in [-0.25, -0.2) is 0 Å². The minimum Gasteiger partial charge on any atom is -0.394 e. The Bertz CT molecular complexity index is 40.7. The van der Waals surface area contributed by atoms with E-state index in [1.54, 1.807) is 0 Å². The van der Waals surface area contributed by atoms with Gasteiger partial charge in [-0.2, -0.15) is 0 Å². The molecular weight excluding hydrogens is 160 g/mol. The predicted octanol–water partition coefficient (Wildman–Crippen LogP) is 0.125. The molecule has 0 rings (SSSR count). The summed E-state index contributed by atoms with van der Waals surface area (Å²) in [5, 5.41) is 17.5. The molecule has 0 aliphatic heterocycles. The lowest BCUT2D eigenvalue weighted by Crippen LogP contribution is -2.11. The second kappa shape index (κ2) is 4.56. The van der Waals surface area contributed by atoms with Crippen molar-refractivity contribution in [1.29, 1.82) is 0 Å². The summed E-state index contributed by atoms with van der Waals surface area (Å²) in [6.45, 7) is -0.133. The molecule has 0 aromatic heterocycles. The molecule has 1 atom stereocenters. The summed E-state index contributed by atoms with van der Waals surface area (Å²) < 4.78 is 0. The van der Waals surface area contributed by atoms with Gasteiger partial charge in [0.25, 0.3) is 0 Å². The van der Waals surface area contributed by atoms with Crippen molar-refractivity contribution in [2.75, 3.05) is 11.9 Å². The van der Waals surface area contributed by atoms with E-state index in [2.05, 4.69) is 15.9 Å². The van der Waals surface area contributed by atoms with Crippen LogP contribution in [-0.4, -0.2) is 28.3 Å². The normalized spacial score (nSPS) is 14.1. The average molecular weight is 169 g/mol. The summed E-state index contributed by atoms with van der Waals surface area (Å²) in [6, 6.07) is 0. The molecule has 0 spiro atoms. The van der Waals surface area contributed by atoms with E-state index < -0.39 is 6.10 Å². The third-order valence-corrected chi connectivity index (χ3v) is 1.11. The van der Waals surface area contributed by atoms with Gasteiger partial charge in [-0.1, -0.05) is 15.9 Å². The van der Waals surface area contributed by atoms with Gasteiger partial charge in [-0.05, 0) is 6.42 Å². The summed E-state index contributed by atoms with van der Waals surface area (Å²) in [4.78, 5) is 0. The average Bonchev–Trinajstić information content (AvgIpc) is 1.68. The van der Waals surface area contributed by atoms with E-state index >= 15 is 0 Å². The number of hydrogen-bond acceptors (Lipinski definition) is 2. The van der Waals surface area contributed by atoms with Crippen LogP contribution in [0.3, 0.4) is 0 Å².